The maximum Gasteiger partial charge on any atom is 0.277 e. The van der Waals surface area contributed by atoms with Crippen LogP contribution in [0.5, 0.6) is 11.5 Å². The van der Waals surface area contributed by atoms with E-state index >= 15 is 0 Å². The van der Waals surface area contributed by atoms with Crippen LogP contribution in [0.4, 0.5) is 0 Å². The van der Waals surface area contributed by atoms with Crippen molar-refractivity contribution in [2.45, 2.75) is 0 Å². The zero-order chi connectivity index (χ0) is 19.1. The van der Waals surface area contributed by atoms with Crippen LogP contribution in [-0.2, 0) is 4.79 Å². The molecule has 3 rings (SSSR count). The Morgan fingerprint density at radius 1 is 1.11 bits per heavy atom. The van der Waals surface area contributed by atoms with Crippen LogP contribution in [0.25, 0.3) is 5.69 Å². The van der Waals surface area contributed by atoms with Gasteiger partial charge in [0.25, 0.3) is 5.91 Å². The van der Waals surface area contributed by atoms with Crippen LogP contribution >= 0.6 is 15.9 Å². The second-order valence-corrected chi connectivity index (χ2v) is 6.45. The molecule has 0 fully saturated rings. The van der Waals surface area contributed by atoms with Gasteiger partial charge in [-0.2, -0.15) is 5.10 Å². The number of amides is 1. The van der Waals surface area contributed by atoms with Crippen molar-refractivity contribution < 1.29 is 14.3 Å². The van der Waals surface area contributed by atoms with Crippen LogP contribution < -0.4 is 14.9 Å². The number of nitrogens with zero attached hydrogens (tertiary/aromatic N) is 2. The van der Waals surface area contributed by atoms with Crippen molar-refractivity contribution in [3.05, 3.63) is 77.0 Å². The highest BCUT2D eigenvalue weighted by Crippen LogP contribution is 2.17. The van der Waals surface area contributed by atoms with E-state index in [1.165, 1.54) is 0 Å². The first-order chi connectivity index (χ1) is 13.2. The molecule has 7 heteroatoms. The van der Waals surface area contributed by atoms with E-state index in [9.17, 15) is 4.79 Å². The molecular formula is C20H18BrN3O3. The molecule has 1 amide bonds. The van der Waals surface area contributed by atoms with Gasteiger partial charge in [-0.25, -0.2) is 5.43 Å². The molecule has 0 bridgehead atoms. The minimum Gasteiger partial charge on any atom is -0.497 e. The fraction of sp³-hybridized carbons (Fsp3) is 0.100. The molecule has 1 heterocycles. The third-order valence-electron chi connectivity index (χ3n) is 3.70. The van der Waals surface area contributed by atoms with Crippen LogP contribution in [0.15, 0.2) is 76.4 Å². The van der Waals surface area contributed by atoms with Crippen molar-refractivity contribution in [2.75, 3.05) is 13.7 Å². The quantitative estimate of drug-likeness (QED) is 0.460. The molecule has 138 valence electrons. The summed E-state index contributed by atoms with van der Waals surface area (Å²) in [6, 6.07) is 18.7. The minimum atomic E-state index is -0.344. The molecule has 0 radical (unpaired) electrons. The van der Waals surface area contributed by atoms with E-state index in [-0.39, 0.29) is 12.5 Å². The highest BCUT2D eigenvalue weighted by Gasteiger charge is 2.03. The predicted octanol–water partition coefficient (Wildman–Crippen LogP) is 3.78. The lowest BCUT2D eigenvalue weighted by Gasteiger charge is -2.07. The van der Waals surface area contributed by atoms with Gasteiger partial charge in [-0.1, -0.05) is 15.9 Å². The van der Waals surface area contributed by atoms with E-state index in [0.717, 1.165) is 21.6 Å². The van der Waals surface area contributed by atoms with E-state index in [4.69, 9.17) is 9.47 Å². The zero-order valence-corrected chi connectivity index (χ0v) is 16.2. The number of carbonyl (C=O) groups excluding carboxylic acids is 1. The third-order valence-corrected chi connectivity index (χ3v) is 4.23. The molecule has 3 aromatic rings. The molecule has 0 saturated heterocycles. The van der Waals surface area contributed by atoms with Crippen LogP contribution in [0, 0.1) is 0 Å². The lowest BCUT2D eigenvalue weighted by molar-refractivity contribution is -0.123. The number of ether oxygens (including phenoxy) is 2. The van der Waals surface area contributed by atoms with Crippen molar-refractivity contribution in [1.82, 2.24) is 9.99 Å². The lowest BCUT2D eigenvalue weighted by atomic mass is 10.3. The summed E-state index contributed by atoms with van der Waals surface area (Å²) in [6.07, 6.45) is 3.52. The number of rotatable bonds is 7. The summed E-state index contributed by atoms with van der Waals surface area (Å²) >= 11 is 3.42. The van der Waals surface area contributed by atoms with Crippen molar-refractivity contribution in [2.24, 2.45) is 5.10 Å². The molecule has 1 N–H and O–H groups in total. The summed E-state index contributed by atoms with van der Waals surface area (Å²) in [5, 5.41) is 4.00. The van der Waals surface area contributed by atoms with Crippen LogP contribution in [0.1, 0.15) is 5.69 Å². The van der Waals surface area contributed by atoms with Crippen molar-refractivity contribution in [1.29, 1.82) is 0 Å². The minimum absolute atomic E-state index is 0.128. The molecule has 0 aliphatic carbocycles. The monoisotopic (exact) mass is 427 g/mol. The van der Waals surface area contributed by atoms with Gasteiger partial charge in [-0.05, 0) is 60.7 Å². The molecule has 0 aliphatic rings. The topological polar surface area (TPSA) is 64.8 Å². The summed E-state index contributed by atoms with van der Waals surface area (Å²) in [5.41, 5.74) is 4.30. The van der Waals surface area contributed by atoms with Gasteiger partial charge in [-0.15, -0.1) is 0 Å². The standard InChI is InChI=1S/C20H18BrN3O3/c1-26-18-8-10-19(11-9-18)27-14-20(25)23-22-13-17-3-2-12-24(17)16-6-4-15(21)5-7-16/h2-13H,14H2,1H3,(H,23,25)/b22-13+. The zero-order valence-electron chi connectivity index (χ0n) is 14.6. The molecule has 27 heavy (non-hydrogen) atoms. The second kappa shape index (κ2) is 9.05. The molecular weight excluding hydrogens is 410 g/mol. The number of hydrogen-bond donors (Lipinski definition) is 1. The molecule has 0 atom stereocenters. The Morgan fingerprint density at radius 3 is 2.52 bits per heavy atom. The largest absolute Gasteiger partial charge is 0.497 e. The van der Waals surface area contributed by atoms with Gasteiger partial charge in [0.1, 0.15) is 11.5 Å². The Hall–Kier alpha value is -3.06. The van der Waals surface area contributed by atoms with E-state index in [1.807, 2.05) is 47.2 Å². The van der Waals surface area contributed by atoms with E-state index in [0.29, 0.717) is 5.75 Å². The van der Waals surface area contributed by atoms with Crippen LogP contribution in [-0.4, -0.2) is 30.4 Å². The van der Waals surface area contributed by atoms with Crippen molar-refractivity contribution in [3.63, 3.8) is 0 Å². The van der Waals surface area contributed by atoms with Crippen LogP contribution in [0.3, 0.4) is 0 Å². The molecule has 0 unspecified atom stereocenters. The highest BCUT2D eigenvalue weighted by atomic mass is 79.9. The van der Waals surface area contributed by atoms with Crippen LogP contribution in [0.2, 0.25) is 0 Å². The average Bonchev–Trinajstić information content (AvgIpc) is 3.16. The molecule has 6 nitrogen and oxygen atoms in total. The van der Waals surface area contributed by atoms with Gasteiger partial charge < -0.3 is 14.0 Å². The number of methoxy groups -OCH3 is 1. The summed E-state index contributed by atoms with van der Waals surface area (Å²) in [7, 11) is 1.59. The van der Waals surface area contributed by atoms with Gasteiger partial charge >= 0.3 is 0 Å². The SMILES string of the molecule is COc1ccc(OCC(=O)N/N=C/c2cccn2-c2ccc(Br)cc2)cc1. The van der Waals surface area contributed by atoms with Gasteiger partial charge in [-0.3, -0.25) is 4.79 Å². The smallest absolute Gasteiger partial charge is 0.277 e. The van der Waals surface area contributed by atoms with E-state index in [1.54, 1.807) is 37.6 Å². The van der Waals surface area contributed by atoms with Gasteiger partial charge in [0.05, 0.1) is 19.0 Å². The van der Waals surface area contributed by atoms with Gasteiger partial charge in [0.15, 0.2) is 6.61 Å². The fourth-order valence-electron chi connectivity index (χ4n) is 2.36. The molecule has 0 spiro atoms. The summed E-state index contributed by atoms with van der Waals surface area (Å²) in [6.45, 7) is -0.128. The first-order valence-corrected chi connectivity index (χ1v) is 8.97. The number of aromatic nitrogens is 1. The Kier molecular flexibility index (Phi) is 6.27. The van der Waals surface area contributed by atoms with E-state index < -0.39 is 0 Å². The number of benzene rings is 2. The first-order valence-electron chi connectivity index (χ1n) is 8.18. The average molecular weight is 428 g/mol. The van der Waals surface area contributed by atoms with Gasteiger partial charge in [0.2, 0.25) is 0 Å². The number of hydrazone groups is 1. The molecule has 1 aromatic heterocycles. The maximum absolute atomic E-state index is 11.9. The first kappa shape index (κ1) is 18.7. The fourth-order valence-corrected chi connectivity index (χ4v) is 2.62. The normalized spacial score (nSPS) is 10.7. The summed E-state index contributed by atoms with van der Waals surface area (Å²) in [4.78, 5) is 11.9. The highest BCUT2D eigenvalue weighted by molar-refractivity contribution is 9.10. The number of hydrogen-bond acceptors (Lipinski definition) is 4. The maximum atomic E-state index is 11.9. The number of nitrogens with one attached hydrogen (secondary N) is 1. The molecule has 2 aromatic carbocycles. The predicted molar refractivity (Wildman–Crippen MR) is 108 cm³/mol. The Bertz CT molecular complexity index is 918. The summed E-state index contributed by atoms with van der Waals surface area (Å²) in [5.74, 6) is 0.966. The number of carbonyl (C=O) groups is 1. The Labute approximate surface area is 165 Å². The Morgan fingerprint density at radius 2 is 1.81 bits per heavy atom. The third kappa shape index (κ3) is 5.21. The van der Waals surface area contributed by atoms with Crippen molar-refractivity contribution in [3.8, 4) is 17.2 Å². The van der Waals surface area contributed by atoms with E-state index in [2.05, 4.69) is 26.5 Å². The number of halogens is 1. The van der Waals surface area contributed by atoms with Crippen molar-refractivity contribution >= 4 is 28.1 Å². The van der Waals surface area contributed by atoms with Gasteiger partial charge in [0, 0.05) is 16.4 Å². The Balaban J connectivity index is 1.53. The summed E-state index contributed by atoms with van der Waals surface area (Å²) < 4.78 is 13.5. The lowest BCUT2D eigenvalue weighted by Crippen LogP contribution is -2.24. The second-order valence-electron chi connectivity index (χ2n) is 5.54. The molecule has 0 saturated carbocycles. The molecule has 0 aliphatic heterocycles.